The molecule has 3 nitrogen and oxygen atoms in total. The standard InChI is InChI=1S/C9H16N2O/c1-3-4-8(11-2)9(5-10)6-12-7-9/h8,11H,3-4,6-7H2,1-2H3. The van der Waals surface area contributed by atoms with Crippen LogP contribution in [0.1, 0.15) is 19.8 Å². The van der Waals surface area contributed by atoms with Crippen LogP contribution in [0, 0.1) is 16.7 Å². The van der Waals surface area contributed by atoms with Gasteiger partial charge in [0.15, 0.2) is 0 Å². The number of nitrogens with one attached hydrogen (secondary N) is 1. The van der Waals surface area contributed by atoms with E-state index in [0.29, 0.717) is 19.3 Å². The highest BCUT2D eigenvalue weighted by molar-refractivity contribution is 5.10. The number of hydrogen-bond acceptors (Lipinski definition) is 3. The summed E-state index contributed by atoms with van der Waals surface area (Å²) in [5.74, 6) is 0. The van der Waals surface area contributed by atoms with E-state index in [-0.39, 0.29) is 5.41 Å². The Morgan fingerprint density at radius 2 is 2.33 bits per heavy atom. The van der Waals surface area contributed by atoms with Gasteiger partial charge < -0.3 is 10.1 Å². The van der Waals surface area contributed by atoms with E-state index in [1.165, 1.54) is 0 Å². The summed E-state index contributed by atoms with van der Waals surface area (Å²) in [5, 5.41) is 12.2. The molecule has 12 heavy (non-hydrogen) atoms. The van der Waals surface area contributed by atoms with Gasteiger partial charge in [-0.15, -0.1) is 0 Å². The second-order valence-electron chi connectivity index (χ2n) is 3.39. The lowest BCUT2D eigenvalue weighted by molar-refractivity contribution is -0.0965. The zero-order valence-corrected chi connectivity index (χ0v) is 7.76. The van der Waals surface area contributed by atoms with Gasteiger partial charge in [-0.2, -0.15) is 5.26 Å². The molecule has 1 unspecified atom stereocenters. The van der Waals surface area contributed by atoms with Gasteiger partial charge >= 0.3 is 0 Å². The Morgan fingerprint density at radius 3 is 2.58 bits per heavy atom. The molecule has 0 bridgehead atoms. The van der Waals surface area contributed by atoms with E-state index < -0.39 is 0 Å². The molecule has 0 amide bonds. The van der Waals surface area contributed by atoms with Gasteiger partial charge in [0.1, 0.15) is 5.41 Å². The maximum atomic E-state index is 8.99. The molecule has 0 saturated carbocycles. The minimum atomic E-state index is -0.245. The first-order valence-corrected chi connectivity index (χ1v) is 4.45. The summed E-state index contributed by atoms with van der Waals surface area (Å²) in [6, 6.07) is 2.66. The molecule has 1 heterocycles. The highest BCUT2D eigenvalue weighted by Crippen LogP contribution is 2.32. The second-order valence-corrected chi connectivity index (χ2v) is 3.39. The van der Waals surface area contributed by atoms with Crippen LogP contribution in [-0.4, -0.2) is 26.3 Å². The van der Waals surface area contributed by atoms with Crippen molar-refractivity contribution in [1.29, 1.82) is 5.26 Å². The van der Waals surface area contributed by atoms with Gasteiger partial charge in [0.05, 0.1) is 19.3 Å². The van der Waals surface area contributed by atoms with E-state index in [2.05, 4.69) is 18.3 Å². The molecule has 1 aliphatic rings. The smallest absolute Gasteiger partial charge is 0.119 e. The average molecular weight is 168 g/mol. The molecule has 0 aromatic heterocycles. The lowest BCUT2D eigenvalue weighted by Crippen LogP contribution is -2.55. The van der Waals surface area contributed by atoms with Crippen molar-refractivity contribution in [3.63, 3.8) is 0 Å². The molecule has 0 aromatic carbocycles. The van der Waals surface area contributed by atoms with Crippen LogP contribution in [0.5, 0.6) is 0 Å². The SMILES string of the molecule is CCCC(NC)C1(C#N)COC1. The Bertz CT molecular complexity index is 181. The van der Waals surface area contributed by atoms with Crippen LogP contribution in [0.25, 0.3) is 0 Å². The third kappa shape index (κ3) is 1.45. The third-order valence-corrected chi connectivity index (χ3v) is 2.53. The third-order valence-electron chi connectivity index (χ3n) is 2.53. The summed E-state index contributed by atoms with van der Waals surface area (Å²) in [4.78, 5) is 0. The fraction of sp³-hybridized carbons (Fsp3) is 0.889. The number of ether oxygens (including phenoxy) is 1. The van der Waals surface area contributed by atoms with Crippen molar-refractivity contribution in [3.05, 3.63) is 0 Å². The quantitative estimate of drug-likeness (QED) is 0.678. The normalized spacial score (nSPS) is 22.4. The van der Waals surface area contributed by atoms with E-state index in [1.54, 1.807) is 0 Å². The van der Waals surface area contributed by atoms with Gasteiger partial charge in [-0.3, -0.25) is 0 Å². The molecule has 3 heteroatoms. The Hall–Kier alpha value is -0.590. The van der Waals surface area contributed by atoms with Crippen molar-refractivity contribution in [1.82, 2.24) is 5.32 Å². The summed E-state index contributed by atoms with van der Waals surface area (Å²) in [6.07, 6.45) is 2.16. The predicted molar refractivity (Wildman–Crippen MR) is 46.6 cm³/mol. The summed E-state index contributed by atoms with van der Waals surface area (Å²) in [7, 11) is 1.91. The molecule has 1 atom stereocenters. The van der Waals surface area contributed by atoms with Crippen LogP contribution >= 0.6 is 0 Å². The second kappa shape index (κ2) is 3.88. The van der Waals surface area contributed by atoms with Crippen molar-refractivity contribution >= 4 is 0 Å². The highest BCUT2D eigenvalue weighted by atomic mass is 16.5. The van der Waals surface area contributed by atoms with Crippen LogP contribution in [0.15, 0.2) is 0 Å². The molecule has 0 spiro atoms. The van der Waals surface area contributed by atoms with Gasteiger partial charge in [-0.25, -0.2) is 0 Å². The Kier molecular flexibility index (Phi) is 3.07. The van der Waals surface area contributed by atoms with Crippen molar-refractivity contribution in [3.8, 4) is 6.07 Å². The molecular weight excluding hydrogens is 152 g/mol. The molecule has 0 radical (unpaired) electrons. The lowest BCUT2D eigenvalue weighted by Gasteiger charge is -2.41. The van der Waals surface area contributed by atoms with E-state index in [0.717, 1.165) is 12.8 Å². The molecule has 1 saturated heterocycles. The maximum Gasteiger partial charge on any atom is 0.119 e. The lowest BCUT2D eigenvalue weighted by atomic mass is 9.78. The maximum absolute atomic E-state index is 8.99. The minimum absolute atomic E-state index is 0.245. The molecule has 1 aliphatic heterocycles. The number of nitrogens with zero attached hydrogens (tertiary/aromatic N) is 1. The fourth-order valence-electron chi connectivity index (χ4n) is 1.65. The monoisotopic (exact) mass is 168 g/mol. The molecule has 1 rings (SSSR count). The summed E-state index contributed by atoms with van der Waals surface area (Å²) < 4.78 is 5.10. The first kappa shape index (κ1) is 9.50. The van der Waals surface area contributed by atoms with E-state index in [4.69, 9.17) is 10.00 Å². The minimum Gasteiger partial charge on any atom is -0.378 e. The van der Waals surface area contributed by atoms with Gasteiger partial charge in [0.25, 0.3) is 0 Å². The zero-order chi connectivity index (χ0) is 9.03. The van der Waals surface area contributed by atoms with Crippen molar-refractivity contribution in [2.24, 2.45) is 5.41 Å². The van der Waals surface area contributed by atoms with Gasteiger partial charge in [-0.05, 0) is 13.5 Å². The van der Waals surface area contributed by atoms with Crippen LogP contribution < -0.4 is 5.32 Å². The Labute approximate surface area is 73.7 Å². The van der Waals surface area contributed by atoms with Crippen molar-refractivity contribution in [2.45, 2.75) is 25.8 Å². The number of rotatable bonds is 4. The molecule has 1 N–H and O–H groups in total. The zero-order valence-electron chi connectivity index (χ0n) is 7.76. The highest BCUT2D eigenvalue weighted by Gasteiger charge is 2.45. The van der Waals surface area contributed by atoms with Crippen LogP contribution in [0.2, 0.25) is 0 Å². The summed E-state index contributed by atoms with van der Waals surface area (Å²) in [5.41, 5.74) is -0.245. The van der Waals surface area contributed by atoms with Crippen molar-refractivity contribution < 1.29 is 4.74 Å². The van der Waals surface area contributed by atoms with E-state index in [1.807, 2.05) is 7.05 Å². The van der Waals surface area contributed by atoms with Gasteiger partial charge in [0, 0.05) is 6.04 Å². The molecule has 0 aromatic rings. The van der Waals surface area contributed by atoms with Gasteiger partial charge in [-0.1, -0.05) is 13.3 Å². The molecule has 68 valence electrons. The summed E-state index contributed by atoms with van der Waals surface area (Å²) in [6.45, 7) is 3.32. The first-order valence-electron chi connectivity index (χ1n) is 4.45. The molecule has 0 aliphatic carbocycles. The predicted octanol–water partition coefficient (Wildman–Crippen LogP) is 0.915. The fourth-order valence-corrected chi connectivity index (χ4v) is 1.65. The van der Waals surface area contributed by atoms with Crippen molar-refractivity contribution in [2.75, 3.05) is 20.3 Å². The number of nitriles is 1. The van der Waals surface area contributed by atoms with Crippen LogP contribution in [0.3, 0.4) is 0 Å². The van der Waals surface area contributed by atoms with Gasteiger partial charge in [0.2, 0.25) is 0 Å². The summed E-state index contributed by atoms with van der Waals surface area (Å²) >= 11 is 0. The Morgan fingerprint density at radius 1 is 1.67 bits per heavy atom. The Balaban J connectivity index is 2.57. The van der Waals surface area contributed by atoms with Crippen LogP contribution in [0.4, 0.5) is 0 Å². The average Bonchev–Trinajstić information content (AvgIpc) is 2.02. The topological polar surface area (TPSA) is 45.0 Å². The first-order chi connectivity index (χ1) is 5.79. The van der Waals surface area contributed by atoms with E-state index in [9.17, 15) is 0 Å². The van der Waals surface area contributed by atoms with E-state index >= 15 is 0 Å². The molecular formula is C9H16N2O. The number of hydrogen-bond donors (Lipinski definition) is 1. The van der Waals surface area contributed by atoms with Crippen LogP contribution in [-0.2, 0) is 4.74 Å². The molecule has 1 fully saturated rings. The largest absolute Gasteiger partial charge is 0.378 e.